The van der Waals surface area contributed by atoms with E-state index in [-0.39, 0.29) is 4.90 Å². The number of nitrogens with zero attached hydrogens (tertiary/aromatic N) is 1. The van der Waals surface area contributed by atoms with E-state index in [4.69, 9.17) is 4.52 Å². The van der Waals surface area contributed by atoms with Crippen molar-refractivity contribution in [2.24, 2.45) is 0 Å². The Bertz CT molecular complexity index is 947. The zero-order valence-electron chi connectivity index (χ0n) is 12.3. The third kappa shape index (κ3) is 3.19. The molecule has 0 aliphatic heterocycles. The number of thiophene rings is 1. The van der Waals surface area contributed by atoms with E-state index in [1.807, 2.05) is 13.0 Å². The lowest BCUT2D eigenvalue weighted by atomic mass is 10.2. The predicted octanol–water partition coefficient (Wildman–Crippen LogP) is 4.58. The molecular weight excluding hydrogens is 400 g/mol. The molecule has 0 bridgehead atoms. The Hall–Kier alpha value is -1.64. The molecule has 0 amide bonds. The van der Waals surface area contributed by atoms with E-state index >= 15 is 0 Å². The molecule has 8 heteroatoms. The lowest BCUT2D eigenvalue weighted by Gasteiger charge is -2.10. The molecule has 0 unspecified atom stereocenters. The van der Waals surface area contributed by atoms with Gasteiger partial charge >= 0.3 is 0 Å². The molecular formula is C15H13BrN2O3S2. The van der Waals surface area contributed by atoms with Gasteiger partial charge in [0.2, 0.25) is 0 Å². The topological polar surface area (TPSA) is 72.2 Å². The first-order valence-corrected chi connectivity index (χ1v) is 9.77. The van der Waals surface area contributed by atoms with Crippen LogP contribution in [-0.4, -0.2) is 13.6 Å². The number of nitrogens with one attached hydrogen (secondary N) is 1. The molecule has 0 saturated heterocycles. The largest absolute Gasteiger partial charge is 0.356 e. The number of aromatic nitrogens is 1. The van der Waals surface area contributed by atoms with Gasteiger partial charge in [0, 0.05) is 26.0 Å². The first kappa shape index (κ1) is 16.2. The van der Waals surface area contributed by atoms with Gasteiger partial charge in [0.25, 0.3) is 10.0 Å². The van der Waals surface area contributed by atoms with Gasteiger partial charge in [-0.1, -0.05) is 27.2 Å². The summed E-state index contributed by atoms with van der Waals surface area (Å²) in [6.07, 6.45) is 1.50. The van der Waals surface area contributed by atoms with Gasteiger partial charge < -0.3 is 4.52 Å². The van der Waals surface area contributed by atoms with Gasteiger partial charge in [0.1, 0.15) is 4.90 Å². The van der Waals surface area contributed by atoms with E-state index < -0.39 is 10.0 Å². The normalized spacial score (nSPS) is 11.6. The van der Waals surface area contributed by atoms with Crippen LogP contribution in [0.25, 0.3) is 11.3 Å². The van der Waals surface area contributed by atoms with Crippen LogP contribution in [-0.2, 0) is 10.0 Å². The van der Waals surface area contributed by atoms with Crippen molar-refractivity contribution in [2.45, 2.75) is 18.7 Å². The van der Waals surface area contributed by atoms with Crippen molar-refractivity contribution in [1.29, 1.82) is 0 Å². The second-order valence-corrected chi connectivity index (χ2v) is 8.87. The number of hydrogen-bond acceptors (Lipinski definition) is 5. The van der Waals surface area contributed by atoms with E-state index in [2.05, 4.69) is 25.8 Å². The second kappa shape index (κ2) is 6.10. The van der Waals surface area contributed by atoms with Crippen LogP contribution in [0.1, 0.15) is 9.75 Å². The molecule has 0 saturated carbocycles. The molecule has 2 heterocycles. The average Bonchev–Trinajstić information content (AvgIpc) is 3.05. The lowest BCUT2D eigenvalue weighted by Crippen LogP contribution is -2.14. The Morgan fingerprint density at radius 1 is 1.22 bits per heavy atom. The number of anilines is 1. The van der Waals surface area contributed by atoms with Crippen molar-refractivity contribution in [1.82, 2.24) is 5.16 Å². The minimum Gasteiger partial charge on any atom is -0.356 e. The van der Waals surface area contributed by atoms with Gasteiger partial charge in [-0.15, -0.1) is 11.3 Å². The van der Waals surface area contributed by atoms with Gasteiger partial charge in [-0.25, -0.2) is 8.42 Å². The summed E-state index contributed by atoms with van der Waals surface area (Å²) in [5.74, 6) is 0.446. The Morgan fingerprint density at radius 3 is 2.65 bits per heavy atom. The lowest BCUT2D eigenvalue weighted by molar-refractivity contribution is 0.431. The third-order valence-electron chi connectivity index (χ3n) is 3.23. The van der Waals surface area contributed by atoms with Crippen molar-refractivity contribution in [3.8, 4) is 11.3 Å². The minimum absolute atomic E-state index is 0.233. The summed E-state index contributed by atoms with van der Waals surface area (Å²) >= 11 is 4.75. The molecule has 0 radical (unpaired) electrons. The maximum atomic E-state index is 12.9. The van der Waals surface area contributed by atoms with Crippen LogP contribution in [0.15, 0.2) is 50.4 Å². The van der Waals surface area contributed by atoms with Crippen LogP contribution < -0.4 is 4.72 Å². The van der Waals surface area contributed by atoms with Crippen molar-refractivity contribution < 1.29 is 12.9 Å². The summed E-state index contributed by atoms with van der Waals surface area (Å²) in [7, 11) is -3.74. The predicted molar refractivity (Wildman–Crippen MR) is 94.2 cm³/mol. The van der Waals surface area contributed by atoms with Gasteiger partial charge in [-0.3, -0.25) is 4.72 Å². The number of sulfonamides is 1. The summed E-state index contributed by atoms with van der Waals surface area (Å²) in [6.45, 7) is 3.65. The zero-order chi connectivity index (χ0) is 16.6. The van der Waals surface area contributed by atoms with E-state index in [1.165, 1.54) is 17.5 Å². The van der Waals surface area contributed by atoms with Gasteiger partial charge in [-0.2, -0.15) is 0 Å². The molecule has 0 fully saturated rings. The summed E-state index contributed by atoms with van der Waals surface area (Å²) in [6, 6.07) is 8.67. The molecule has 2 aromatic heterocycles. The Kier molecular flexibility index (Phi) is 4.31. The summed E-state index contributed by atoms with van der Waals surface area (Å²) in [4.78, 5) is 1.81. The van der Waals surface area contributed by atoms with Crippen LogP contribution in [0.5, 0.6) is 0 Å². The Balaban J connectivity index is 2.11. The van der Waals surface area contributed by atoms with E-state index in [0.717, 1.165) is 9.35 Å². The number of rotatable bonds is 4. The highest BCUT2D eigenvalue weighted by Gasteiger charge is 2.28. The molecule has 5 nitrogen and oxygen atoms in total. The van der Waals surface area contributed by atoms with Crippen LogP contribution in [0.2, 0.25) is 0 Å². The molecule has 23 heavy (non-hydrogen) atoms. The molecule has 1 N–H and O–H groups in total. The van der Waals surface area contributed by atoms with Crippen LogP contribution >= 0.6 is 27.3 Å². The Labute approximate surface area is 146 Å². The molecule has 3 rings (SSSR count). The van der Waals surface area contributed by atoms with Crippen LogP contribution in [0, 0.1) is 13.8 Å². The Morgan fingerprint density at radius 2 is 2.00 bits per heavy atom. The maximum absolute atomic E-state index is 12.9. The summed E-state index contributed by atoms with van der Waals surface area (Å²) < 4.78 is 34.4. The SMILES string of the molecule is Cc1sc(C)c(S(=O)(=O)Nc2cccc(Br)c2)c1-c1ccno1. The fraction of sp³-hybridized carbons (Fsp3) is 0.133. The fourth-order valence-electron chi connectivity index (χ4n) is 2.37. The number of hydrogen-bond donors (Lipinski definition) is 1. The van der Waals surface area contributed by atoms with Gasteiger partial charge in [0.15, 0.2) is 5.76 Å². The first-order chi connectivity index (χ1) is 10.9. The van der Waals surface area contributed by atoms with E-state index in [0.29, 0.717) is 21.9 Å². The molecule has 0 atom stereocenters. The molecule has 0 aliphatic carbocycles. The highest BCUT2D eigenvalue weighted by atomic mass is 79.9. The molecule has 120 valence electrons. The van der Waals surface area contributed by atoms with Crippen LogP contribution in [0.4, 0.5) is 5.69 Å². The highest BCUT2D eigenvalue weighted by molar-refractivity contribution is 9.10. The fourth-order valence-corrected chi connectivity index (χ4v) is 5.69. The third-order valence-corrected chi connectivity index (χ3v) is 6.43. The maximum Gasteiger partial charge on any atom is 0.263 e. The van der Waals surface area contributed by atoms with Crippen molar-refractivity contribution in [2.75, 3.05) is 4.72 Å². The van der Waals surface area contributed by atoms with Gasteiger partial charge in [-0.05, 0) is 32.0 Å². The van der Waals surface area contributed by atoms with E-state index in [9.17, 15) is 8.42 Å². The highest BCUT2D eigenvalue weighted by Crippen LogP contribution is 2.39. The van der Waals surface area contributed by atoms with Crippen molar-refractivity contribution >= 4 is 43.0 Å². The quantitative estimate of drug-likeness (QED) is 0.680. The molecule has 0 spiro atoms. The average molecular weight is 413 g/mol. The molecule has 0 aliphatic rings. The van der Waals surface area contributed by atoms with Crippen molar-refractivity contribution in [3.05, 3.63) is 50.8 Å². The number of aryl methyl sites for hydroxylation is 2. The summed E-state index contributed by atoms with van der Waals surface area (Å²) in [5.41, 5.74) is 1.05. The molecule has 3 aromatic rings. The van der Waals surface area contributed by atoms with Gasteiger partial charge in [0.05, 0.1) is 11.8 Å². The van der Waals surface area contributed by atoms with Crippen molar-refractivity contribution in [3.63, 3.8) is 0 Å². The monoisotopic (exact) mass is 412 g/mol. The van der Waals surface area contributed by atoms with Crippen LogP contribution in [0.3, 0.4) is 0 Å². The number of halogens is 1. The molecule has 1 aromatic carbocycles. The van der Waals surface area contributed by atoms with E-state index in [1.54, 1.807) is 31.2 Å². The summed E-state index contributed by atoms with van der Waals surface area (Å²) in [5, 5.41) is 3.68. The standard InChI is InChI=1S/C15H13BrN2O3S2/c1-9-14(13-6-7-17-21-13)15(10(2)22-9)23(19,20)18-12-5-3-4-11(16)8-12/h3-8,18H,1-2H3. The minimum atomic E-state index is -3.74. The smallest absolute Gasteiger partial charge is 0.263 e. The second-order valence-electron chi connectivity index (χ2n) is 4.91. The zero-order valence-corrected chi connectivity index (χ0v) is 15.5. The first-order valence-electron chi connectivity index (χ1n) is 6.68. The number of benzene rings is 1.